The summed E-state index contributed by atoms with van der Waals surface area (Å²) in [5, 5.41) is 6.62. The molecule has 126 valence electrons. The van der Waals surface area contributed by atoms with E-state index in [1.165, 1.54) is 6.42 Å². The predicted molar refractivity (Wildman–Crippen MR) is 98.7 cm³/mol. The minimum Gasteiger partial charge on any atom is -0.379 e. The first kappa shape index (κ1) is 20.9. The van der Waals surface area contributed by atoms with Crippen molar-refractivity contribution >= 4 is 29.9 Å². The van der Waals surface area contributed by atoms with Crippen LogP contribution in [0.1, 0.15) is 47.0 Å². The number of hydrogen-bond acceptors (Lipinski definition) is 3. The second-order valence-corrected chi connectivity index (χ2v) is 6.20. The Balaban J connectivity index is 0.00000400. The molecule has 0 aromatic heterocycles. The van der Waals surface area contributed by atoms with Gasteiger partial charge in [-0.05, 0) is 47.0 Å². The zero-order valence-corrected chi connectivity index (χ0v) is 16.2. The molecule has 1 fully saturated rings. The van der Waals surface area contributed by atoms with Crippen LogP contribution in [0.2, 0.25) is 0 Å². The normalized spacial score (nSPS) is 19.2. The molecule has 2 N–H and O–H groups in total. The van der Waals surface area contributed by atoms with Crippen LogP contribution in [0.15, 0.2) is 4.99 Å². The van der Waals surface area contributed by atoms with Gasteiger partial charge in [-0.25, -0.2) is 0 Å². The van der Waals surface area contributed by atoms with E-state index in [4.69, 9.17) is 9.47 Å². The van der Waals surface area contributed by atoms with E-state index in [9.17, 15) is 0 Å². The number of guanidine groups is 1. The third-order valence-electron chi connectivity index (χ3n) is 2.88. The molecule has 1 atom stereocenters. The Morgan fingerprint density at radius 3 is 2.71 bits per heavy atom. The number of ether oxygens (including phenoxy) is 2. The first-order valence-electron chi connectivity index (χ1n) is 7.77. The molecular weight excluding hydrogens is 381 g/mol. The molecule has 1 rings (SSSR count). The maximum Gasteiger partial charge on any atom is 0.191 e. The van der Waals surface area contributed by atoms with Crippen molar-refractivity contribution in [3.8, 4) is 0 Å². The second kappa shape index (κ2) is 11.5. The molecule has 1 heterocycles. The zero-order valence-electron chi connectivity index (χ0n) is 13.9. The van der Waals surface area contributed by atoms with Crippen LogP contribution < -0.4 is 10.6 Å². The topological polar surface area (TPSA) is 54.9 Å². The van der Waals surface area contributed by atoms with Crippen molar-refractivity contribution in [1.29, 1.82) is 0 Å². The fraction of sp³-hybridized carbons (Fsp3) is 0.933. The summed E-state index contributed by atoms with van der Waals surface area (Å²) in [6, 6.07) is 0. The summed E-state index contributed by atoms with van der Waals surface area (Å²) in [5.74, 6) is 0.874. The lowest BCUT2D eigenvalue weighted by molar-refractivity contribution is 0.0171. The van der Waals surface area contributed by atoms with Crippen LogP contribution in [0, 0.1) is 0 Å². The summed E-state index contributed by atoms with van der Waals surface area (Å²) in [5.41, 5.74) is 0.0251. The van der Waals surface area contributed by atoms with E-state index in [2.05, 4.69) is 43.3 Å². The molecule has 6 heteroatoms. The number of rotatable bonds is 7. The van der Waals surface area contributed by atoms with Gasteiger partial charge in [0.25, 0.3) is 0 Å². The quantitative estimate of drug-likeness (QED) is 0.292. The molecule has 0 aliphatic carbocycles. The highest BCUT2D eigenvalue weighted by Gasteiger charge is 2.15. The number of nitrogens with one attached hydrogen (secondary N) is 2. The molecule has 5 nitrogen and oxygen atoms in total. The van der Waals surface area contributed by atoms with Crippen LogP contribution in [0.3, 0.4) is 0 Å². The van der Waals surface area contributed by atoms with Crippen molar-refractivity contribution in [3.05, 3.63) is 0 Å². The monoisotopic (exact) mass is 413 g/mol. The highest BCUT2D eigenvalue weighted by atomic mass is 127. The van der Waals surface area contributed by atoms with Crippen LogP contribution in [0.25, 0.3) is 0 Å². The average Bonchev–Trinajstić information content (AvgIpc) is 2.84. The van der Waals surface area contributed by atoms with Crippen molar-refractivity contribution in [2.24, 2.45) is 4.99 Å². The molecule has 0 spiro atoms. The van der Waals surface area contributed by atoms with Crippen LogP contribution in [-0.2, 0) is 9.47 Å². The van der Waals surface area contributed by atoms with Crippen molar-refractivity contribution in [3.63, 3.8) is 0 Å². The number of halogens is 1. The Morgan fingerprint density at radius 2 is 2.14 bits per heavy atom. The first-order valence-corrected chi connectivity index (χ1v) is 7.77. The maximum absolute atomic E-state index is 5.63. The summed E-state index contributed by atoms with van der Waals surface area (Å²) in [6.45, 7) is 12.5. The van der Waals surface area contributed by atoms with Crippen LogP contribution in [-0.4, -0.2) is 50.5 Å². The van der Waals surface area contributed by atoms with Gasteiger partial charge >= 0.3 is 0 Å². The fourth-order valence-electron chi connectivity index (χ4n) is 2.01. The minimum absolute atomic E-state index is 0. The summed E-state index contributed by atoms with van der Waals surface area (Å²) in [4.78, 5) is 4.55. The Labute approximate surface area is 146 Å². The van der Waals surface area contributed by atoms with Crippen LogP contribution >= 0.6 is 24.0 Å². The summed E-state index contributed by atoms with van der Waals surface area (Å²) in [7, 11) is 0. The lowest BCUT2D eigenvalue weighted by Gasteiger charge is -2.23. The van der Waals surface area contributed by atoms with Gasteiger partial charge in [-0.1, -0.05) is 0 Å². The number of nitrogens with zero attached hydrogens (tertiary/aromatic N) is 1. The van der Waals surface area contributed by atoms with Gasteiger partial charge in [0.05, 0.1) is 12.7 Å². The van der Waals surface area contributed by atoms with Gasteiger partial charge in [0.2, 0.25) is 0 Å². The summed E-state index contributed by atoms with van der Waals surface area (Å²) < 4.78 is 11.1. The molecule has 0 saturated carbocycles. The standard InChI is InChI=1S/C15H31N3O2.HI/c1-5-16-14(18-15(2,3)4)17-9-7-10-19-12-13-8-6-11-20-13;/h13H,5-12H2,1-4H3,(H2,16,17,18);1H. The summed E-state index contributed by atoms with van der Waals surface area (Å²) >= 11 is 0. The smallest absolute Gasteiger partial charge is 0.191 e. The van der Waals surface area contributed by atoms with E-state index in [1.54, 1.807) is 0 Å². The third-order valence-corrected chi connectivity index (χ3v) is 2.88. The Morgan fingerprint density at radius 1 is 1.38 bits per heavy atom. The fourth-order valence-corrected chi connectivity index (χ4v) is 2.01. The maximum atomic E-state index is 5.63. The van der Waals surface area contributed by atoms with E-state index >= 15 is 0 Å². The molecule has 0 amide bonds. The van der Waals surface area contributed by atoms with Gasteiger partial charge in [-0.15, -0.1) is 24.0 Å². The zero-order chi connectivity index (χ0) is 14.8. The van der Waals surface area contributed by atoms with Crippen LogP contribution in [0.4, 0.5) is 0 Å². The molecule has 1 aliphatic rings. The van der Waals surface area contributed by atoms with Gasteiger partial charge in [0.1, 0.15) is 0 Å². The largest absolute Gasteiger partial charge is 0.379 e. The van der Waals surface area contributed by atoms with E-state index in [0.717, 1.165) is 51.7 Å². The molecular formula is C15H32IN3O2. The van der Waals surface area contributed by atoms with Gasteiger partial charge < -0.3 is 20.1 Å². The number of hydrogen-bond donors (Lipinski definition) is 2. The highest BCUT2D eigenvalue weighted by molar-refractivity contribution is 14.0. The average molecular weight is 413 g/mol. The van der Waals surface area contributed by atoms with Crippen molar-refractivity contribution in [1.82, 2.24) is 10.6 Å². The van der Waals surface area contributed by atoms with Gasteiger partial charge in [0.15, 0.2) is 5.96 Å². The Kier molecular flexibility index (Phi) is 11.4. The van der Waals surface area contributed by atoms with E-state index in [0.29, 0.717) is 6.10 Å². The Hall–Kier alpha value is -0.0800. The SMILES string of the molecule is CCNC(=NCCCOCC1CCCO1)NC(C)(C)C.I. The lowest BCUT2D eigenvalue weighted by Crippen LogP contribution is -2.47. The molecule has 0 aromatic rings. The molecule has 1 saturated heterocycles. The van der Waals surface area contributed by atoms with E-state index < -0.39 is 0 Å². The van der Waals surface area contributed by atoms with E-state index in [-0.39, 0.29) is 29.5 Å². The summed E-state index contributed by atoms with van der Waals surface area (Å²) in [6.07, 6.45) is 3.56. The molecule has 1 unspecified atom stereocenters. The lowest BCUT2D eigenvalue weighted by atomic mass is 10.1. The van der Waals surface area contributed by atoms with Crippen LogP contribution in [0.5, 0.6) is 0 Å². The molecule has 1 aliphatic heterocycles. The number of aliphatic imine (C=N–C) groups is 1. The first-order chi connectivity index (χ1) is 9.51. The highest BCUT2D eigenvalue weighted by Crippen LogP contribution is 2.11. The van der Waals surface area contributed by atoms with Gasteiger partial charge in [-0.2, -0.15) is 0 Å². The molecule has 0 bridgehead atoms. The van der Waals surface area contributed by atoms with Crippen molar-refractivity contribution in [2.45, 2.75) is 58.6 Å². The van der Waals surface area contributed by atoms with Crippen molar-refractivity contribution in [2.75, 3.05) is 32.9 Å². The van der Waals surface area contributed by atoms with E-state index in [1.807, 2.05) is 0 Å². The van der Waals surface area contributed by atoms with Gasteiger partial charge in [0, 0.05) is 31.8 Å². The van der Waals surface area contributed by atoms with Gasteiger partial charge in [-0.3, -0.25) is 4.99 Å². The molecule has 0 aromatic carbocycles. The predicted octanol–water partition coefficient (Wildman–Crippen LogP) is 2.54. The third kappa shape index (κ3) is 11.2. The minimum atomic E-state index is 0. The molecule has 21 heavy (non-hydrogen) atoms. The van der Waals surface area contributed by atoms with Crippen molar-refractivity contribution < 1.29 is 9.47 Å². The Bertz CT molecular complexity index is 287. The molecule has 0 radical (unpaired) electrons. The second-order valence-electron chi connectivity index (χ2n) is 6.20.